The largest absolute Gasteiger partial charge is 0.326 e. The third-order valence-corrected chi connectivity index (χ3v) is 3.45. The van der Waals surface area contributed by atoms with Crippen LogP contribution in [0.1, 0.15) is 37.8 Å². The predicted molar refractivity (Wildman–Crippen MR) is 76.3 cm³/mol. The summed E-state index contributed by atoms with van der Waals surface area (Å²) in [4.78, 5) is 11.8. The fourth-order valence-corrected chi connectivity index (χ4v) is 2.45. The highest BCUT2D eigenvalue weighted by molar-refractivity contribution is 9.10. The number of carbonyl (C=O) groups excluding carboxylic acids is 1. The lowest BCUT2D eigenvalue weighted by atomic mass is 10.0. The van der Waals surface area contributed by atoms with Crippen molar-refractivity contribution in [3.05, 3.63) is 27.7 Å². The number of halogens is 1. The summed E-state index contributed by atoms with van der Waals surface area (Å²) in [5.41, 5.74) is 3.13. The number of nitrogens with one attached hydrogen (secondary N) is 1. The van der Waals surface area contributed by atoms with Crippen molar-refractivity contribution < 1.29 is 4.79 Å². The summed E-state index contributed by atoms with van der Waals surface area (Å²) >= 11 is 3.45. The van der Waals surface area contributed by atoms with Crippen LogP contribution in [0, 0.1) is 19.8 Å². The first-order chi connectivity index (χ1) is 7.93. The minimum atomic E-state index is 0.105. The molecule has 17 heavy (non-hydrogen) atoms. The van der Waals surface area contributed by atoms with E-state index in [4.69, 9.17) is 0 Å². The molecule has 3 heteroatoms. The summed E-state index contributed by atoms with van der Waals surface area (Å²) in [6.45, 7) is 8.22. The van der Waals surface area contributed by atoms with Crippen molar-refractivity contribution in [2.24, 2.45) is 5.92 Å². The van der Waals surface area contributed by atoms with Gasteiger partial charge in [0.2, 0.25) is 5.91 Å². The molecule has 1 N–H and O–H groups in total. The van der Waals surface area contributed by atoms with Crippen molar-refractivity contribution >= 4 is 27.5 Å². The lowest BCUT2D eigenvalue weighted by Crippen LogP contribution is -2.16. The quantitative estimate of drug-likeness (QED) is 0.874. The van der Waals surface area contributed by atoms with Gasteiger partial charge in [0, 0.05) is 16.6 Å². The van der Waals surface area contributed by atoms with Gasteiger partial charge in [-0.15, -0.1) is 0 Å². The second-order valence-electron chi connectivity index (χ2n) is 4.68. The van der Waals surface area contributed by atoms with Gasteiger partial charge in [0.1, 0.15) is 0 Å². The van der Waals surface area contributed by atoms with E-state index in [2.05, 4.69) is 35.1 Å². The van der Waals surface area contributed by atoms with E-state index >= 15 is 0 Å². The van der Waals surface area contributed by atoms with Gasteiger partial charge >= 0.3 is 0 Å². The summed E-state index contributed by atoms with van der Waals surface area (Å²) in [6.07, 6.45) is 1.62. The van der Waals surface area contributed by atoms with Gasteiger partial charge in [-0.2, -0.15) is 0 Å². The number of rotatable bonds is 4. The van der Waals surface area contributed by atoms with E-state index in [1.807, 2.05) is 26.0 Å². The first kappa shape index (κ1) is 14.2. The minimum absolute atomic E-state index is 0.105. The number of carbonyl (C=O) groups is 1. The van der Waals surface area contributed by atoms with Crippen LogP contribution in [-0.4, -0.2) is 5.91 Å². The normalized spacial score (nSPS) is 12.3. The second-order valence-corrected chi connectivity index (χ2v) is 5.60. The summed E-state index contributed by atoms with van der Waals surface area (Å²) in [5, 5.41) is 3.01. The van der Waals surface area contributed by atoms with Gasteiger partial charge < -0.3 is 5.32 Å². The van der Waals surface area contributed by atoms with E-state index in [1.54, 1.807) is 0 Å². The molecule has 0 saturated heterocycles. The summed E-state index contributed by atoms with van der Waals surface area (Å²) < 4.78 is 1.05. The van der Waals surface area contributed by atoms with Crippen LogP contribution in [0.2, 0.25) is 0 Å². The Hall–Kier alpha value is -0.830. The highest BCUT2D eigenvalue weighted by Gasteiger charge is 2.11. The summed E-state index contributed by atoms with van der Waals surface area (Å²) in [5.74, 6) is 0.541. The summed E-state index contributed by atoms with van der Waals surface area (Å²) in [6, 6.07) is 4.04. The second kappa shape index (κ2) is 6.20. The van der Waals surface area contributed by atoms with Crippen LogP contribution in [0.25, 0.3) is 0 Å². The van der Waals surface area contributed by atoms with Gasteiger partial charge in [-0.1, -0.05) is 36.2 Å². The number of hydrogen-bond acceptors (Lipinski definition) is 1. The number of aryl methyl sites for hydroxylation is 2. The molecule has 1 aromatic carbocycles. The molecule has 2 nitrogen and oxygen atoms in total. The molecule has 0 aliphatic rings. The average Bonchev–Trinajstić information content (AvgIpc) is 2.23. The molecule has 1 atom stereocenters. The van der Waals surface area contributed by atoms with Crippen LogP contribution in [0.15, 0.2) is 16.6 Å². The van der Waals surface area contributed by atoms with Gasteiger partial charge in [-0.05, 0) is 43.0 Å². The van der Waals surface area contributed by atoms with Crippen molar-refractivity contribution in [3.8, 4) is 0 Å². The molecule has 0 fully saturated rings. The molecule has 94 valence electrons. The molecule has 0 bridgehead atoms. The Morgan fingerprint density at radius 2 is 1.88 bits per heavy atom. The van der Waals surface area contributed by atoms with Gasteiger partial charge in [-0.3, -0.25) is 4.79 Å². The smallest absolute Gasteiger partial charge is 0.224 e. The Balaban J connectivity index is 2.78. The Morgan fingerprint density at radius 3 is 2.35 bits per heavy atom. The first-order valence-corrected chi connectivity index (χ1v) is 6.80. The minimum Gasteiger partial charge on any atom is -0.326 e. The number of hydrogen-bond donors (Lipinski definition) is 1. The molecule has 0 heterocycles. The molecule has 1 rings (SSSR count). The molecule has 1 amide bonds. The zero-order chi connectivity index (χ0) is 13.0. The Bertz CT molecular complexity index is 392. The van der Waals surface area contributed by atoms with Crippen LogP contribution < -0.4 is 5.32 Å². The van der Waals surface area contributed by atoms with E-state index in [1.165, 1.54) is 0 Å². The van der Waals surface area contributed by atoms with E-state index < -0.39 is 0 Å². The zero-order valence-electron chi connectivity index (χ0n) is 10.9. The third-order valence-electron chi connectivity index (χ3n) is 2.99. The number of anilines is 1. The highest BCUT2D eigenvalue weighted by Crippen LogP contribution is 2.25. The topological polar surface area (TPSA) is 29.1 Å². The lowest BCUT2D eigenvalue weighted by molar-refractivity contribution is -0.117. The first-order valence-electron chi connectivity index (χ1n) is 6.00. The molecule has 0 aliphatic heterocycles. The molecule has 1 unspecified atom stereocenters. The molecule has 0 aromatic heterocycles. The molecular weight excluding hydrogens is 278 g/mol. The van der Waals surface area contributed by atoms with Gasteiger partial charge in [0.15, 0.2) is 0 Å². The van der Waals surface area contributed by atoms with Crippen LogP contribution in [0.5, 0.6) is 0 Å². The van der Waals surface area contributed by atoms with Crippen molar-refractivity contribution in [2.75, 3.05) is 5.32 Å². The van der Waals surface area contributed by atoms with Crippen molar-refractivity contribution in [1.29, 1.82) is 0 Å². The van der Waals surface area contributed by atoms with Crippen molar-refractivity contribution in [3.63, 3.8) is 0 Å². The third kappa shape index (κ3) is 4.15. The maximum absolute atomic E-state index is 11.8. The van der Waals surface area contributed by atoms with Gasteiger partial charge in [-0.25, -0.2) is 0 Å². The molecule has 1 aromatic rings. The molecule has 0 saturated carbocycles. The SMILES string of the molecule is CCC(C)CC(=O)Nc1c(C)cc(Br)cc1C. The van der Waals surface area contributed by atoms with E-state index in [9.17, 15) is 4.79 Å². The Kier molecular flexibility index (Phi) is 5.19. The maximum Gasteiger partial charge on any atom is 0.224 e. The van der Waals surface area contributed by atoms with E-state index in [0.29, 0.717) is 12.3 Å². The molecule has 0 spiro atoms. The molecular formula is C14H20BrNO. The predicted octanol–water partition coefficient (Wildman–Crippen LogP) is 4.44. The van der Waals surface area contributed by atoms with Crippen molar-refractivity contribution in [1.82, 2.24) is 0 Å². The van der Waals surface area contributed by atoms with Crippen LogP contribution in [0.3, 0.4) is 0 Å². The van der Waals surface area contributed by atoms with Crippen molar-refractivity contribution in [2.45, 2.75) is 40.5 Å². The fourth-order valence-electron chi connectivity index (χ4n) is 1.76. The fraction of sp³-hybridized carbons (Fsp3) is 0.500. The molecule has 0 radical (unpaired) electrons. The van der Waals surface area contributed by atoms with Crippen LogP contribution in [0.4, 0.5) is 5.69 Å². The van der Waals surface area contributed by atoms with Crippen LogP contribution >= 0.6 is 15.9 Å². The Morgan fingerprint density at radius 1 is 1.35 bits per heavy atom. The standard InChI is InChI=1S/C14H20BrNO/c1-5-9(2)6-13(17)16-14-10(3)7-12(15)8-11(14)4/h7-9H,5-6H2,1-4H3,(H,16,17). The van der Waals surface area contributed by atoms with Gasteiger partial charge in [0.25, 0.3) is 0 Å². The van der Waals surface area contributed by atoms with E-state index in [-0.39, 0.29) is 5.91 Å². The number of amides is 1. The lowest BCUT2D eigenvalue weighted by Gasteiger charge is -2.14. The Labute approximate surface area is 112 Å². The number of benzene rings is 1. The van der Waals surface area contributed by atoms with Crippen LogP contribution in [-0.2, 0) is 4.79 Å². The zero-order valence-corrected chi connectivity index (χ0v) is 12.5. The van der Waals surface area contributed by atoms with Gasteiger partial charge in [0.05, 0.1) is 0 Å². The highest BCUT2D eigenvalue weighted by atomic mass is 79.9. The average molecular weight is 298 g/mol. The van der Waals surface area contributed by atoms with E-state index in [0.717, 1.165) is 27.7 Å². The maximum atomic E-state index is 11.8. The monoisotopic (exact) mass is 297 g/mol. The molecule has 0 aliphatic carbocycles. The summed E-state index contributed by atoms with van der Waals surface area (Å²) in [7, 11) is 0.